The van der Waals surface area contributed by atoms with E-state index >= 15 is 0 Å². The molecule has 2 N–H and O–H groups in total. The lowest BCUT2D eigenvalue weighted by Gasteiger charge is -2.11. The number of hydrogen-bond acceptors (Lipinski definition) is 4. The van der Waals surface area contributed by atoms with Gasteiger partial charge in [-0.2, -0.15) is 0 Å². The molecule has 136 valence electrons. The maximum Gasteiger partial charge on any atom is 0.234 e. The predicted octanol–water partition coefficient (Wildman–Crippen LogP) is 4.77. The molecule has 0 bridgehead atoms. The van der Waals surface area contributed by atoms with Gasteiger partial charge in [0, 0.05) is 16.6 Å². The van der Waals surface area contributed by atoms with Gasteiger partial charge in [-0.1, -0.05) is 41.6 Å². The summed E-state index contributed by atoms with van der Waals surface area (Å²) < 4.78 is 0. The van der Waals surface area contributed by atoms with E-state index in [1.807, 2.05) is 32.0 Å². The van der Waals surface area contributed by atoms with Crippen molar-refractivity contribution in [1.82, 2.24) is 15.0 Å². The molecule has 2 heterocycles. The minimum absolute atomic E-state index is 0.0453. The van der Waals surface area contributed by atoms with Gasteiger partial charge in [0.15, 0.2) is 0 Å². The van der Waals surface area contributed by atoms with Crippen molar-refractivity contribution < 1.29 is 4.79 Å². The summed E-state index contributed by atoms with van der Waals surface area (Å²) in [6.07, 6.45) is 1.56. The number of aromatic amines is 1. The zero-order chi connectivity index (χ0) is 19.0. The Morgan fingerprint density at radius 1 is 1.11 bits per heavy atom. The third-order valence-electron chi connectivity index (χ3n) is 4.59. The molecule has 0 aliphatic heterocycles. The molecule has 0 aliphatic carbocycles. The van der Waals surface area contributed by atoms with Gasteiger partial charge in [-0.3, -0.25) is 4.79 Å². The van der Waals surface area contributed by atoms with Gasteiger partial charge in [0.2, 0.25) is 5.91 Å². The van der Waals surface area contributed by atoms with Crippen molar-refractivity contribution in [3.8, 4) is 0 Å². The summed E-state index contributed by atoms with van der Waals surface area (Å²) in [5, 5.41) is 4.88. The highest BCUT2D eigenvalue weighted by Crippen LogP contribution is 2.30. The van der Waals surface area contributed by atoms with Crippen molar-refractivity contribution >= 4 is 45.3 Å². The Kier molecular flexibility index (Phi) is 4.58. The third-order valence-corrected chi connectivity index (χ3v) is 5.58. The highest BCUT2D eigenvalue weighted by molar-refractivity contribution is 8.00. The maximum atomic E-state index is 12.5. The van der Waals surface area contributed by atoms with E-state index in [0.717, 1.165) is 43.8 Å². The van der Waals surface area contributed by atoms with E-state index in [1.165, 1.54) is 17.3 Å². The number of thioether (sulfide) groups is 1. The molecule has 6 heteroatoms. The molecule has 0 saturated heterocycles. The van der Waals surface area contributed by atoms with E-state index in [1.54, 1.807) is 6.33 Å². The Hall–Kier alpha value is -2.86. The minimum atomic E-state index is -0.0453. The number of amides is 1. The number of fused-ring (bicyclic) bond motifs is 3. The quantitative estimate of drug-likeness (QED) is 0.398. The van der Waals surface area contributed by atoms with Crippen molar-refractivity contribution in [3.63, 3.8) is 0 Å². The number of carbonyl (C=O) groups excluding carboxylic acids is 1. The molecule has 4 rings (SSSR count). The smallest absolute Gasteiger partial charge is 0.234 e. The van der Waals surface area contributed by atoms with Gasteiger partial charge in [0.1, 0.15) is 16.9 Å². The highest BCUT2D eigenvalue weighted by Gasteiger charge is 2.13. The fraction of sp³-hybridized carbons (Fsp3) is 0.190. The van der Waals surface area contributed by atoms with Crippen LogP contribution in [0.15, 0.2) is 47.8 Å². The lowest BCUT2D eigenvalue weighted by atomic mass is 10.1. The van der Waals surface area contributed by atoms with E-state index in [0.29, 0.717) is 0 Å². The highest BCUT2D eigenvalue weighted by atomic mass is 32.2. The normalized spacial score (nSPS) is 11.2. The van der Waals surface area contributed by atoms with Gasteiger partial charge in [0.05, 0.1) is 11.3 Å². The molecule has 0 saturated carbocycles. The molecule has 5 nitrogen and oxygen atoms in total. The SMILES string of the molecule is Cc1ccc2[nH]c3c(SCC(=O)Nc4c(C)cccc4C)ncnc3c2c1. The van der Waals surface area contributed by atoms with Gasteiger partial charge in [-0.15, -0.1) is 0 Å². The zero-order valence-corrected chi connectivity index (χ0v) is 16.3. The maximum absolute atomic E-state index is 12.5. The third kappa shape index (κ3) is 3.40. The first-order chi connectivity index (χ1) is 13.0. The average molecular weight is 376 g/mol. The molecule has 2 aromatic heterocycles. The number of anilines is 1. The van der Waals surface area contributed by atoms with Crippen LogP contribution in [0.2, 0.25) is 0 Å². The van der Waals surface area contributed by atoms with E-state index in [4.69, 9.17) is 0 Å². The molecular formula is C21H20N4OS. The summed E-state index contributed by atoms with van der Waals surface area (Å²) in [6.45, 7) is 6.05. The molecule has 0 spiro atoms. The van der Waals surface area contributed by atoms with Crippen LogP contribution in [-0.2, 0) is 4.79 Å². The van der Waals surface area contributed by atoms with Crippen LogP contribution < -0.4 is 5.32 Å². The van der Waals surface area contributed by atoms with Crippen LogP contribution in [0.4, 0.5) is 5.69 Å². The van der Waals surface area contributed by atoms with Gasteiger partial charge in [-0.25, -0.2) is 9.97 Å². The van der Waals surface area contributed by atoms with Crippen LogP contribution in [-0.4, -0.2) is 26.6 Å². The molecular weight excluding hydrogens is 356 g/mol. The summed E-state index contributed by atoms with van der Waals surface area (Å²) in [5.41, 5.74) is 6.98. The lowest BCUT2D eigenvalue weighted by Crippen LogP contribution is -2.15. The first kappa shape index (κ1) is 17.5. The van der Waals surface area contributed by atoms with Crippen molar-refractivity contribution in [1.29, 1.82) is 0 Å². The summed E-state index contributed by atoms with van der Waals surface area (Å²) in [7, 11) is 0. The van der Waals surface area contributed by atoms with Gasteiger partial charge in [-0.05, 0) is 44.0 Å². The van der Waals surface area contributed by atoms with Crippen LogP contribution in [0.25, 0.3) is 21.9 Å². The number of H-pyrrole nitrogens is 1. The van der Waals surface area contributed by atoms with Crippen LogP contribution in [0, 0.1) is 20.8 Å². The number of carbonyl (C=O) groups is 1. The largest absolute Gasteiger partial charge is 0.351 e. The van der Waals surface area contributed by atoms with Crippen LogP contribution in [0.3, 0.4) is 0 Å². The van der Waals surface area contributed by atoms with Crippen LogP contribution in [0.5, 0.6) is 0 Å². The number of hydrogen-bond donors (Lipinski definition) is 2. The number of aromatic nitrogens is 3. The van der Waals surface area contributed by atoms with Crippen LogP contribution >= 0.6 is 11.8 Å². The number of para-hydroxylation sites is 1. The average Bonchev–Trinajstić information content (AvgIpc) is 3.01. The molecule has 0 aliphatic rings. The Labute approximate surface area is 161 Å². The first-order valence-electron chi connectivity index (χ1n) is 8.75. The molecule has 0 fully saturated rings. The van der Waals surface area contributed by atoms with Crippen molar-refractivity contribution in [2.75, 3.05) is 11.1 Å². The first-order valence-corrected chi connectivity index (χ1v) is 9.73. The molecule has 1 amide bonds. The standard InChI is InChI=1S/C21H20N4OS/c1-12-7-8-16-15(9-12)19-20(24-16)21(23-11-22-19)27-10-17(26)25-18-13(2)5-4-6-14(18)3/h4-9,11,24H,10H2,1-3H3,(H,25,26). The summed E-state index contributed by atoms with van der Waals surface area (Å²) >= 11 is 1.41. The monoisotopic (exact) mass is 376 g/mol. The minimum Gasteiger partial charge on any atom is -0.351 e. The van der Waals surface area contributed by atoms with E-state index in [2.05, 4.69) is 45.4 Å². The van der Waals surface area contributed by atoms with Crippen molar-refractivity contribution in [2.24, 2.45) is 0 Å². The van der Waals surface area contributed by atoms with E-state index < -0.39 is 0 Å². The predicted molar refractivity (Wildman–Crippen MR) is 111 cm³/mol. The van der Waals surface area contributed by atoms with E-state index in [9.17, 15) is 4.79 Å². The summed E-state index contributed by atoms with van der Waals surface area (Å²) in [5.74, 6) is 0.241. The van der Waals surface area contributed by atoms with E-state index in [-0.39, 0.29) is 11.7 Å². The van der Waals surface area contributed by atoms with Crippen LogP contribution in [0.1, 0.15) is 16.7 Å². The fourth-order valence-corrected chi connectivity index (χ4v) is 3.97. The fourth-order valence-electron chi connectivity index (χ4n) is 3.21. The zero-order valence-electron chi connectivity index (χ0n) is 15.5. The van der Waals surface area contributed by atoms with Gasteiger partial charge >= 0.3 is 0 Å². The summed E-state index contributed by atoms with van der Waals surface area (Å²) in [6, 6.07) is 12.2. The Morgan fingerprint density at radius 2 is 1.89 bits per heavy atom. The second-order valence-electron chi connectivity index (χ2n) is 6.68. The Balaban J connectivity index is 1.57. The Morgan fingerprint density at radius 3 is 2.67 bits per heavy atom. The van der Waals surface area contributed by atoms with Crippen molar-refractivity contribution in [3.05, 3.63) is 59.4 Å². The molecule has 0 unspecified atom stereocenters. The molecule has 27 heavy (non-hydrogen) atoms. The molecule has 2 aromatic carbocycles. The van der Waals surface area contributed by atoms with Crippen molar-refractivity contribution in [2.45, 2.75) is 25.8 Å². The number of nitrogens with one attached hydrogen (secondary N) is 2. The molecule has 0 radical (unpaired) electrons. The lowest BCUT2D eigenvalue weighted by molar-refractivity contribution is -0.113. The molecule has 0 atom stereocenters. The number of rotatable bonds is 4. The topological polar surface area (TPSA) is 70.7 Å². The number of benzene rings is 2. The molecule has 4 aromatic rings. The second-order valence-corrected chi connectivity index (χ2v) is 7.64. The Bertz CT molecular complexity index is 1150. The van der Waals surface area contributed by atoms with Gasteiger partial charge in [0.25, 0.3) is 0 Å². The second kappa shape index (κ2) is 7.04. The summed E-state index contributed by atoms with van der Waals surface area (Å²) in [4.78, 5) is 24.7. The van der Waals surface area contributed by atoms with Gasteiger partial charge < -0.3 is 10.3 Å². The number of nitrogens with zero attached hydrogens (tertiary/aromatic N) is 2. The number of aryl methyl sites for hydroxylation is 3.